The third-order valence-corrected chi connectivity index (χ3v) is 9.58. The molecular formula is C41H49N7O4. The van der Waals surface area contributed by atoms with Crippen LogP contribution in [0, 0.1) is 11.8 Å². The van der Waals surface area contributed by atoms with Gasteiger partial charge in [-0.15, -0.1) is 0 Å². The second-order valence-corrected chi connectivity index (χ2v) is 16.5. The van der Waals surface area contributed by atoms with Gasteiger partial charge in [-0.2, -0.15) is 0 Å². The van der Waals surface area contributed by atoms with Crippen molar-refractivity contribution in [2.24, 2.45) is 11.8 Å². The first-order valence-corrected chi connectivity index (χ1v) is 18.2. The molecule has 2 amide bonds. The number of aromatic amines is 2. The minimum Gasteiger partial charge on any atom is -0.444 e. The first-order valence-electron chi connectivity index (χ1n) is 18.2. The van der Waals surface area contributed by atoms with E-state index in [0.29, 0.717) is 24.9 Å². The second-order valence-electron chi connectivity index (χ2n) is 16.5. The summed E-state index contributed by atoms with van der Waals surface area (Å²) in [6.07, 6.45) is 4.74. The smallest absolute Gasteiger partial charge is 0.410 e. The molecule has 2 aliphatic heterocycles. The quantitative estimate of drug-likeness (QED) is 0.187. The fraction of sp³-hybridized carbons (Fsp3) is 0.439. The van der Waals surface area contributed by atoms with E-state index in [-0.39, 0.29) is 24.3 Å². The highest BCUT2D eigenvalue weighted by molar-refractivity contribution is 5.86. The molecule has 0 bridgehead atoms. The summed E-state index contributed by atoms with van der Waals surface area (Å²) in [5.74, 6) is 2.22. The number of hydrogen-bond donors (Lipinski definition) is 2. The highest BCUT2D eigenvalue weighted by atomic mass is 16.6. The van der Waals surface area contributed by atoms with Crippen LogP contribution in [0.25, 0.3) is 44.7 Å². The zero-order valence-electron chi connectivity index (χ0n) is 31.4. The Balaban J connectivity index is 1.05. The average molecular weight is 704 g/mol. The van der Waals surface area contributed by atoms with Crippen molar-refractivity contribution in [3.05, 3.63) is 78.6 Å². The highest BCUT2D eigenvalue weighted by Crippen LogP contribution is 2.38. The fourth-order valence-electron chi connectivity index (χ4n) is 7.24. The normalized spacial score (nSPS) is 20.8. The van der Waals surface area contributed by atoms with E-state index in [9.17, 15) is 9.59 Å². The van der Waals surface area contributed by atoms with E-state index in [1.165, 1.54) is 0 Å². The first-order chi connectivity index (χ1) is 24.6. The number of H-pyrrole nitrogens is 2. The summed E-state index contributed by atoms with van der Waals surface area (Å²) in [5, 5.41) is 1.03. The third kappa shape index (κ3) is 7.54. The van der Waals surface area contributed by atoms with Crippen molar-refractivity contribution in [2.75, 3.05) is 13.1 Å². The van der Waals surface area contributed by atoms with Crippen LogP contribution in [-0.2, 0) is 9.47 Å². The van der Waals surface area contributed by atoms with Gasteiger partial charge in [-0.1, -0.05) is 50.2 Å². The van der Waals surface area contributed by atoms with Crippen LogP contribution < -0.4 is 0 Å². The Hall–Kier alpha value is -5.19. The van der Waals surface area contributed by atoms with Crippen LogP contribution in [0.3, 0.4) is 0 Å². The Morgan fingerprint density at radius 1 is 0.712 bits per heavy atom. The molecule has 11 heteroatoms. The average Bonchev–Trinajstić information content (AvgIpc) is 3.89. The molecule has 3 aromatic heterocycles. The Labute approximate surface area is 305 Å². The molecule has 272 valence electrons. The lowest BCUT2D eigenvalue weighted by Gasteiger charge is -2.27. The predicted octanol–water partition coefficient (Wildman–Crippen LogP) is 9.32. The number of aromatic nitrogens is 5. The molecule has 2 fully saturated rings. The number of benzene rings is 2. The second kappa shape index (κ2) is 13.4. The zero-order chi connectivity index (χ0) is 36.9. The fourth-order valence-corrected chi connectivity index (χ4v) is 7.24. The topological polar surface area (TPSA) is 129 Å². The van der Waals surface area contributed by atoms with Crippen molar-refractivity contribution < 1.29 is 19.1 Å². The molecular weight excluding hydrogens is 654 g/mol. The van der Waals surface area contributed by atoms with Gasteiger partial charge in [0.1, 0.15) is 28.5 Å². The van der Waals surface area contributed by atoms with E-state index in [0.717, 1.165) is 69.2 Å². The van der Waals surface area contributed by atoms with Gasteiger partial charge in [0.05, 0.1) is 35.2 Å². The van der Waals surface area contributed by atoms with Gasteiger partial charge in [-0.05, 0) is 101 Å². The monoisotopic (exact) mass is 703 g/mol. The number of nitrogens with zero attached hydrogens (tertiary/aromatic N) is 5. The van der Waals surface area contributed by atoms with E-state index >= 15 is 0 Å². The number of carbonyl (C=O) groups excluding carboxylic acids is 2. The van der Waals surface area contributed by atoms with E-state index in [4.69, 9.17) is 19.4 Å². The number of fused-ring (bicyclic) bond motifs is 1. The van der Waals surface area contributed by atoms with Crippen molar-refractivity contribution in [2.45, 2.75) is 91.5 Å². The van der Waals surface area contributed by atoms with Crippen molar-refractivity contribution in [3.8, 4) is 33.8 Å². The van der Waals surface area contributed by atoms with Crippen LogP contribution in [0.1, 0.15) is 92.0 Å². The summed E-state index contributed by atoms with van der Waals surface area (Å²) in [4.78, 5) is 50.8. The molecule has 0 spiro atoms. The van der Waals surface area contributed by atoms with Gasteiger partial charge in [0.2, 0.25) is 0 Å². The maximum atomic E-state index is 13.0. The minimum atomic E-state index is -0.561. The molecule has 2 aromatic carbocycles. The number of likely N-dealkylation sites (tertiary alicyclic amines) is 2. The molecule has 0 saturated carbocycles. The van der Waals surface area contributed by atoms with Gasteiger partial charge in [-0.3, -0.25) is 9.80 Å². The number of ether oxygens (including phenoxy) is 2. The summed E-state index contributed by atoms with van der Waals surface area (Å²) in [6, 6.07) is 18.4. The van der Waals surface area contributed by atoms with Crippen LogP contribution in [-0.4, -0.2) is 71.2 Å². The Morgan fingerprint density at radius 3 is 1.90 bits per heavy atom. The summed E-state index contributed by atoms with van der Waals surface area (Å²) in [6.45, 7) is 16.9. The van der Waals surface area contributed by atoms with Crippen LogP contribution >= 0.6 is 0 Å². The summed E-state index contributed by atoms with van der Waals surface area (Å²) < 4.78 is 11.4. The Bertz CT molecular complexity index is 2090. The SMILES string of the molecule is C[C@H]1C[C@@H](c2nc(-c3ccc4cc(-c5ccc(-c6cnc([C@@H]7C[C@H](C)CN7C(=O)OC(C)(C)C)[nH]6)cc5)ccc4n3)c[nH]2)N(C(=O)OC(C)(C)C)C1. The van der Waals surface area contributed by atoms with Crippen molar-refractivity contribution in [1.82, 2.24) is 34.7 Å². The van der Waals surface area contributed by atoms with Crippen LogP contribution in [0.5, 0.6) is 0 Å². The van der Waals surface area contributed by atoms with Crippen molar-refractivity contribution in [1.29, 1.82) is 0 Å². The summed E-state index contributed by atoms with van der Waals surface area (Å²) in [7, 11) is 0. The summed E-state index contributed by atoms with van der Waals surface area (Å²) >= 11 is 0. The lowest BCUT2D eigenvalue weighted by Crippen LogP contribution is -2.37. The van der Waals surface area contributed by atoms with Gasteiger partial charge in [0.15, 0.2) is 0 Å². The van der Waals surface area contributed by atoms with Crippen LogP contribution in [0.2, 0.25) is 0 Å². The molecule has 4 atom stereocenters. The lowest BCUT2D eigenvalue weighted by atomic mass is 10.0. The number of nitrogens with one attached hydrogen (secondary N) is 2. The molecule has 0 unspecified atom stereocenters. The van der Waals surface area contributed by atoms with Gasteiger partial charge in [0.25, 0.3) is 0 Å². The molecule has 2 saturated heterocycles. The molecule has 52 heavy (non-hydrogen) atoms. The zero-order valence-corrected chi connectivity index (χ0v) is 31.4. The Morgan fingerprint density at radius 2 is 1.29 bits per heavy atom. The van der Waals surface area contributed by atoms with Gasteiger partial charge in [-0.25, -0.2) is 24.5 Å². The van der Waals surface area contributed by atoms with Crippen LogP contribution in [0.4, 0.5) is 9.59 Å². The molecule has 5 heterocycles. The lowest BCUT2D eigenvalue weighted by molar-refractivity contribution is 0.0204. The van der Waals surface area contributed by atoms with E-state index in [1.54, 1.807) is 9.80 Å². The molecule has 0 radical (unpaired) electrons. The number of rotatable bonds is 5. The highest BCUT2D eigenvalue weighted by Gasteiger charge is 2.39. The molecule has 7 rings (SSSR count). The van der Waals surface area contributed by atoms with E-state index in [1.807, 2.05) is 66.1 Å². The molecule has 5 aromatic rings. The van der Waals surface area contributed by atoms with E-state index < -0.39 is 11.2 Å². The van der Waals surface area contributed by atoms with Crippen LogP contribution in [0.15, 0.2) is 67.0 Å². The van der Waals surface area contributed by atoms with E-state index in [2.05, 4.69) is 71.3 Å². The van der Waals surface area contributed by atoms with Crippen molar-refractivity contribution >= 4 is 23.1 Å². The minimum absolute atomic E-state index is 0.148. The standard InChI is InChI=1S/C41H49N7O4/c1-24-17-34(47(22-24)38(49)51-40(3,4)5)36-42-20-32(45-36)27-11-9-26(10-12-27)28-13-15-30-29(19-28)14-16-31(44-30)33-21-43-37(46-33)35-18-25(2)23-48(35)39(50)52-41(6,7)8/h9-16,19-21,24-25,34-35H,17-18,22-23H2,1-8H3,(H,42,45)(H,43,46)/t24-,25-,34-,35-/m0/s1. The number of amides is 2. The number of carbonyl (C=O) groups is 2. The van der Waals surface area contributed by atoms with Gasteiger partial charge >= 0.3 is 12.2 Å². The molecule has 2 N–H and O–H groups in total. The largest absolute Gasteiger partial charge is 0.444 e. The molecule has 2 aliphatic rings. The van der Waals surface area contributed by atoms with Crippen molar-refractivity contribution in [3.63, 3.8) is 0 Å². The predicted molar refractivity (Wildman–Crippen MR) is 201 cm³/mol. The number of hydrogen-bond acceptors (Lipinski definition) is 7. The summed E-state index contributed by atoms with van der Waals surface area (Å²) in [5.41, 5.74) is 5.37. The molecule has 0 aliphatic carbocycles. The Kier molecular flexibility index (Phi) is 9.09. The third-order valence-electron chi connectivity index (χ3n) is 9.58. The number of pyridine rings is 1. The number of imidazole rings is 2. The maximum absolute atomic E-state index is 13.0. The van der Waals surface area contributed by atoms with Gasteiger partial charge < -0.3 is 19.4 Å². The maximum Gasteiger partial charge on any atom is 0.410 e. The van der Waals surface area contributed by atoms with Gasteiger partial charge in [0, 0.05) is 24.7 Å². The molecule has 11 nitrogen and oxygen atoms in total. The first kappa shape index (κ1) is 35.2.